The van der Waals surface area contributed by atoms with Crippen molar-refractivity contribution in [3.63, 3.8) is 0 Å². The molecule has 0 aliphatic heterocycles. The van der Waals surface area contributed by atoms with E-state index in [9.17, 15) is 0 Å². The van der Waals surface area contributed by atoms with Crippen molar-refractivity contribution in [2.45, 2.75) is 0 Å². The van der Waals surface area contributed by atoms with Crippen LogP contribution in [0.25, 0.3) is 0 Å². The van der Waals surface area contributed by atoms with Crippen LogP contribution in [0.3, 0.4) is 0 Å². The topological polar surface area (TPSA) is 45.4 Å². The van der Waals surface area contributed by atoms with E-state index in [1.807, 2.05) is 0 Å². The van der Waals surface area contributed by atoms with E-state index in [1.165, 1.54) is 13.3 Å². The molecule has 0 heterocycles. The zero-order valence-electron chi connectivity index (χ0n) is 4.71. The fourth-order valence-corrected chi connectivity index (χ4v) is 0.127. The van der Waals surface area contributed by atoms with Gasteiger partial charge < -0.3 is 17.4 Å². The number of ether oxygens (including phenoxy) is 1. The average Bonchev–Trinajstić information content (AvgIpc) is 1.68. The van der Waals surface area contributed by atoms with Crippen LogP contribution in [0.15, 0.2) is 4.99 Å². The van der Waals surface area contributed by atoms with E-state index in [2.05, 4.69) is 22.4 Å². The summed E-state index contributed by atoms with van der Waals surface area (Å²) in [7, 11) is 1.36. The first kappa shape index (κ1) is 11.6. The van der Waals surface area contributed by atoms with Gasteiger partial charge in [0.1, 0.15) is 0 Å². The van der Waals surface area contributed by atoms with E-state index in [0.717, 1.165) is 0 Å². The molecule has 0 fully saturated rings. The van der Waals surface area contributed by atoms with Crippen molar-refractivity contribution in [1.82, 2.24) is 0 Å². The van der Waals surface area contributed by atoms with Crippen LogP contribution in [0.2, 0.25) is 0 Å². The van der Waals surface area contributed by atoms with E-state index in [0.29, 0.717) is 0 Å². The van der Waals surface area contributed by atoms with E-state index in [-0.39, 0.29) is 56.6 Å². The third kappa shape index (κ3) is 6.82. The average molecular weight is 154 g/mol. The second kappa shape index (κ2) is 7.82. The van der Waals surface area contributed by atoms with Crippen LogP contribution in [-0.4, -0.2) is 12.3 Å². The molecule has 0 saturated heterocycles. The largest absolute Gasteiger partial charge is 1.00 e. The molecule has 8 heavy (non-hydrogen) atoms. The van der Waals surface area contributed by atoms with Crippen molar-refractivity contribution in [2.24, 2.45) is 4.99 Å². The van der Waals surface area contributed by atoms with Crippen LogP contribution in [0.5, 0.6) is 0 Å². The molecule has 0 atom stereocenters. The third-order valence-electron chi connectivity index (χ3n) is 0.316. The molecule has 0 radical (unpaired) electrons. The van der Waals surface area contributed by atoms with Crippen LogP contribution in [-0.2, 0) is 17.4 Å². The van der Waals surface area contributed by atoms with Gasteiger partial charge in [0.05, 0.1) is 12.3 Å². The minimum absolute atomic E-state index is 0. The molecule has 3 nitrogen and oxygen atoms in total. The number of nitrogens with zero attached hydrogens (tertiary/aromatic N) is 2. The van der Waals surface area contributed by atoms with Crippen LogP contribution in [0, 0.1) is 11.5 Å². The van der Waals surface area contributed by atoms with Crippen molar-refractivity contribution in [3.8, 4) is 6.19 Å². The van der Waals surface area contributed by atoms with Gasteiger partial charge in [-0.3, -0.25) is 0 Å². The molecule has 0 bridgehead atoms. The summed E-state index contributed by atoms with van der Waals surface area (Å²) in [5.74, 6) is 0. The Hall–Kier alpha value is 0.816. The maximum Gasteiger partial charge on any atom is 1.00 e. The van der Waals surface area contributed by atoms with E-state index >= 15 is 0 Å². The maximum absolute atomic E-state index is 7.78. The Morgan fingerprint density at radius 3 is 2.50 bits per heavy atom. The van der Waals surface area contributed by atoms with Crippen molar-refractivity contribution in [1.29, 1.82) is 5.26 Å². The molecular weight excluding hydrogens is 151 g/mol. The summed E-state index contributed by atoms with van der Waals surface area (Å²) in [5.41, 5.74) is 0. The Kier molecular flexibility index (Phi) is 11.3. The van der Waals surface area contributed by atoms with Crippen molar-refractivity contribution >= 4 is 17.9 Å². The first-order chi connectivity index (χ1) is 3.31. The van der Waals surface area contributed by atoms with Crippen molar-refractivity contribution in [2.75, 3.05) is 7.11 Å². The fourth-order valence-electron chi connectivity index (χ4n) is 0.0865. The molecule has 0 aromatic heterocycles. The van der Waals surface area contributed by atoms with Crippen LogP contribution >= 0.6 is 0 Å². The number of nitriles is 1. The molecule has 0 aliphatic rings. The predicted molar refractivity (Wildman–Crippen MR) is 27.4 cm³/mol. The SMILES string of the molecule is COC([S-])=NC#N.[K+]. The van der Waals surface area contributed by atoms with E-state index in [4.69, 9.17) is 5.26 Å². The second-order valence-electron chi connectivity index (χ2n) is 0.682. The van der Waals surface area contributed by atoms with E-state index < -0.39 is 0 Å². The van der Waals surface area contributed by atoms with Gasteiger partial charge in [-0.25, -0.2) is 0 Å². The van der Waals surface area contributed by atoms with Gasteiger partial charge in [-0.1, -0.05) is 0 Å². The molecule has 0 rings (SSSR count). The molecule has 0 unspecified atom stereocenters. The van der Waals surface area contributed by atoms with Crippen molar-refractivity contribution in [3.05, 3.63) is 0 Å². The van der Waals surface area contributed by atoms with Gasteiger partial charge in [-0.2, -0.15) is 10.3 Å². The summed E-state index contributed by atoms with van der Waals surface area (Å²) < 4.78 is 4.33. The number of methoxy groups -OCH3 is 1. The molecule has 5 heteroatoms. The molecule has 0 N–H and O–H groups in total. The monoisotopic (exact) mass is 154 g/mol. The summed E-state index contributed by atoms with van der Waals surface area (Å²) in [6.07, 6.45) is 1.48. The minimum Gasteiger partial charge on any atom is -0.721 e. The number of hydrogen-bond acceptors (Lipinski definition) is 4. The standard InChI is InChI=1S/C3H4N2OS.K/c1-6-3(7)5-2-4;/h1H3,(H,5,7);/q;+1/p-1. The first-order valence-corrected chi connectivity index (χ1v) is 1.90. The van der Waals surface area contributed by atoms with Gasteiger partial charge in [0.2, 0.25) is 6.19 Å². The number of hydrogen-bond donors (Lipinski definition) is 0. The predicted octanol–water partition coefficient (Wildman–Crippen LogP) is -2.98. The molecule has 38 valence electrons. The Labute approximate surface area is 95.9 Å². The summed E-state index contributed by atoms with van der Waals surface area (Å²) in [6, 6.07) is 0. The van der Waals surface area contributed by atoms with Gasteiger partial charge in [0.25, 0.3) is 0 Å². The smallest absolute Gasteiger partial charge is 0.721 e. The first-order valence-electron chi connectivity index (χ1n) is 1.49. The quantitative estimate of drug-likeness (QED) is 0.123. The van der Waals surface area contributed by atoms with Crippen LogP contribution in [0.1, 0.15) is 0 Å². The van der Waals surface area contributed by atoms with Crippen LogP contribution < -0.4 is 51.4 Å². The molecule has 0 aliphatic carbocycles. The Morgan fingerprint density at radius 1 is 1.88 bits per heavy atom. The summed E-state index contributed by atoms with van der Waals surface area (Å²) >= 11 is 4.34. The third-order valence-corrected chi connectivity index (χ3v) is 0.574. The zero-order valence-corrected chi connectivity index (χ0v) is 8.65. The van der Waals surface area contributed by atoms with Gasteiger partial charge in [-0.05, 0) is 0 Å². The van der Waals surface area contributed by atoms with E-state index in [1.54, 1.807) is 0 Å². The second-order valence-corrected chi connectivity index (χ2v) is 1.03. The van der Waals surface area contributed by atoms with Gasteiger partial charge >= 0.3 is 51.4 Å². The molecule has 0 saturated carbocycles. The number of aliphatic imine (C=N–C) groups is 1. The molecule has 0 spiro atoms. The Morgan fingerprint density at radius 2 is 2.38 bits per heavy atom. The molecule has 0 amide bonds. The number of rotatable bonds is 0. The van der Waals surface area contributed by atoms with Gasteiger partial charge in [-0.15, -0.1) is 0 Å². The summed E-state index contributed by atoms with van der Waals surface area (Å²) in [6.45, 7) is 0. The van der Waals surface area contributed by atoms with Crippen molar-refractivity contribution < 1.29 is 56.1 Å². The maximum atomic E-state index is 7.78. The fraction of sp³-hybridized carbons (Fsp3) is 0.333. The minimum atomic E-state index is -0.0255. The summed E-state index contributed by atoms with van der Waals surface area (Å²) in [4.78, 5) is 3.06. The van der Waals surface area contributed by atoms with Gasteiger partial charge in [0, 0.05) is 0 Å². The van der Waals surface area contributed by atoms with Crippen LogP contribution in [0.4, 0.5) is 0 Å². The zero-order chi connectivity index (χ0) is 5.70. The molecule has 0 aromatic rings. The normalized spacial score (nSPS) is 8.75. The molecular formula is C3H3KN2OS. The summed E-state index contributed by atoms with van der Waals surface area (Å²) in [5, 5.41) is 7.76. The molecule has 0 aromatic carbocycles. The van der Waals surface area contributed by atoms with Gasteiger partial charge in [0.15, 0.2) is 0 Å². The Balaban J connectivity index is 0. The Bertz CT molecular complexity index is 119.